The molecule has 7 nitrogen and oxygen atoms in total. The Balaban J connectivity index is 2.00. The van der Waals surface area contributed by atoms with Crippen LogP contribution in [-0.2, 0) is 4.79 Å². The lowest BCUT2D eigenvalue weighted by atomic mass is 10.2. The Morgan fingerprint density at radius 2 is 1.65 bits per heavy atom. The number of anilines is 3. The lowest BCUT2D eigenvalue weighted by molar-refractivity contribution is -0.114. The van der Waals surface area contributed by atoms with Gasteiger partial charge in [0.2, 0.25) is 5.91 Å². The minimum absolute atomic E-state index is 0.0456. The average Bonchev–Trinajstić information content (AvgIpc) is 2.49. The second kappa shape index (κ2) is 7.35. The number of nitrogens with one attached hydrogen (secondary N) is 3. The third-order valence-corrected chi connectivity index (χ3v) is 2.78. The van der Waals surface area contributed by atoms with Crippen molar-refractivity contribution < 1.29 is 9.59 Å². The number of hydrogen-bond acceptors (Lipinski definition) is 5. The van der Waals surface area contributed by atoms with E-state index in [1.165, 1.54) is 19.3 Å². The number of rotatable bonds is 5. The number of amides is 2. The van der Waals surface area contributed by atoms with Crippen molar-refractivity contribution in [3.63, 3.8) is 0 Å². The summed E-state index contributed by atoms with van der Waals surface area (Å²) in [6, 6.07) is 7.23. The van der Waals surface area contributed by atoms with E-state index in [2.05, 4.69) is 25.9 Å². The lowest BCUT2D eigenvalue weighted by Crippen LogP contribution is -2.30. The highest BCUT2D eigenvalue weighted by Crippen LogP contribution is 2.17. The first kappa shape index (κ1) is 16.4. The molecule has 1 aromatic carbocycles. The zero-order valence-corrected chi connectivity index (χ0v) is 13.3. The Bertz CT molecular complexity index is 681. The predicted octanol–water partition coefficient (Wildman–Crippen LogP) is 2.32. The Morgan fingerprint density at radius 1 is 1.00 bits per heavy atom. The molecule has 7 heteroatoms. The van der Waals surface area contributed by atoms with E-state index in [1.807, 2.05) is 26.0 Å². The molecular weight excluding hydrogens is 294 g/mol. The Hall–Kier alpha value is -2.96. The van der Waals surface area contributed by atoms with Crippen LogP contribution < -0.4 is 16.0 Å². The molecule has 23 heavy (non-hydrogen) atoms. The van der Waals surface area contributed by atoms with Crippen LogP contribution in [0.15, 0.2) is 36.7 Å². The van der Waals surface area contributed by atoms with Crippen molar-refractivity contribution in [2.24, 2.45) is 0 Å². The van der Waals surface area contributed by atoms with Gasteiger partial charge in [0, 0.05) is 24.3 Å². The summed E-state index contributed by atoms with van der Waals surface area (Å²) in [6.45, 7) is 5.22. The minimum Gasteiger partial charge on any atom is -0.348 e. The molecule has 2 amide bonds. The molecule has 1 heterocycles. The van der Waals surface area contributed by atoms with Gasteiger partial charge in [-0.05, 0) is 38.1 Å². The zero-order chi connectivity index (χ0) is 16.8. The predicted molar refractivity (Wildman–Crippen MR) is 88.7 cm³/mol. The molecule has 0 bridgehead atoms. The Morgan fingerprint density at radius 3 is 2.17 bits per heavy atom. The van der Waals surface area contributed by atoms with Crippen LogP contribution in [0.4, 0.5) is 17.2 Å². The molecule has 2 rings (SSSR count). The van der Waals surface area contributed by atoms with Crippen molar-refractivity contribution in [3.05, 3.63) is 42.4 Å². The Labute approximate surface area is 134 Å². The van der Waals surface area contributed by atoms with Gasteiger partial charge in [0.15, 0.2) is 0 Å². The first-order valence-corrected chi connectivity index (χ1v) is 7.21. The van der Waals surface area contributed by atoms with Gasteiger partial charge in [-0.2, -0.15) is 0 Å². The number of carbonyl (C=O) groups is 2. The summed E-state index contributed by atoms with van der Waals surface area (Å²) in [4.78, 5) is 31.0. The summed E-state index contributed by atoms with van der Waals surface area (Å²) in [6.07, 6.45) is 2.92. The summed E-state index contributed by atoms with van der Waals surface area (Å²) in [5.74, 6) is 0.156. The van der Waals surface area contributed by atoms with Gasteiger partial charge in [-0.1, -0.05) is 0 Å². The summed E-state index contributed by atoms with van der Waals surface area (Å²) >= 11 is 0. The van der Waals surface area contributed by atoms with Gasteiger partial charge in [-0.25, -0.2) is 9.97 Å². The van der Waals surface area contributed by atoms with Gasteiger partial charge in [0.25, 0.3) is 5.91 Å². The summed E-state index contributed by atoms with van der Waals surface area (Å²) < 4.78 is 0. The van der Waals surface area contributed by atoms with Crippen LogP contribution in [0.3, 0.4) is 0 Å². The molecular formula is C16H19N5O2. The van der Waals surface area contributed by atoms with Gasteiger partial charge in [0.05, 0.1) is 12.4 Å². The highest BCUT2D eigenvalue weighted by molar-refractivity contribution is 5.92. The first-order valence-electron chi connectivity index (χ1n) is 7.21. The van der Waals surface area contributed by atoms with E-state index in [0.29, 0.717) is 5.82 Å². The number of nitrogens with zero attached hydrogens (tertiary/aromatic N) is 2. The molecule has 0 saturated heterocycles. The molecule has 2 aromatic rings. The maximum atomic E-state index is 11.8. The summed E-state index contributed by atoms with van der Waals surface area (Å²) in [5.41, 5.74) is 1.79. The third kappa shape index (κ3) is 5.06. The molecule has 0 unspecified atom stereocenters. The van der Waals surface area contributed by atoms with E-state index in [9.17, 15) is 9.59 Å². The zero-order valence-electron chi connectivity index (χ0n) is 13.3. The maximum Gasteiger partial charge on any atom is 0.271 e. The van der Waals surface area contributed by atoms with Crippen LogP contribution in [-0.4, -0.2) is 27.8 Å². The summed E-state index contributed by atoms with van der Waals surface area (Å²) in [5, 5.41) is 8.52. The van der Waals surface area contributed by atoms with E-state index in [0.717, 1.165) is 11.4 Å². The van der Waals surface area contributed by atoms with E-state index in [4.69, 9.17) is 0 Å². The molecule has 1 aromatic heterocycles. The van der Waals surface area contributed by atoms with Crippen LogP contribution in [0.5, 0.6) is 0 Å². The normalized spacial score (nSPS) is 10.3. The van der Waals surface area contributed by atoms with Crippen molar-refractivity contribution >= 4 is 29.0 Å². The number of benzene rings is 1. The Kier molecular flexibility index (Phi) is 5.24. The molecule has 0 aliphatic rings. The quantitative estimate of drug-likeness (QED) is 0.787. The molecule has 0 fully saturated rings. The van der Waals surface area contributed by atoms with Crippen molar-refractivity contribution in [2.45, 2.75) is 26.8 Å². The third-order valence-electron chi connectivity index (χ3n) is 2.78. The van der Waals surface area contributed by atoms with Crippen LogP contribution in [0.1, 0.15) is 31.3 Å². The molecule has 0 radical (unpaired) electrons. The lowest BCUT2D eigenvalue weighted by Gasteiger charge is -2.09. The van der Waals surface area contributed by atoms with Crippen LogP contribution >= 0.6 is 0 Å². The second-order valence-corrected chi connectivity index (χ2v) is 5.30. The van der Waals surface area contributed by atoms with E-state index < -0.39 is 0 Å². The number of carbonyl (C=O) groups excluding carboxylic acids is 2. The number of hydrogen-bond donors (Lipinski definition) is 3. The van der Waals surface area contributed by atoms with Crippen molar-refractivity contribution in [2.75, 3.05) is 10.6 Å². The maximum absolute atomic E-state index is 11.8. The highest BCUT2D eigenvalue weighted by Gasteiger charge is 2.09. The first-order chi connectivity index (χ1) is 10.9. The topological polar surface area (TPSA) is 96.0 Å². The molecule has 3 N–H and O–H groups in total. The minimum atomic E-state index is -0.251. The van der Waals surface area contributed by atoms with Gasteiger partial charge in [-0.3, -0.25) is 9.59 Å². The largest absolute Gasteiger partial charge is 0.348 e. The van der Waals surface area contributed by atoms with Crippen LogP contribution in [0.2, 0.25) is 0 Å². The molecule has 0 spiro atoms. The molecule has 0 aliphatic heterocycles. The summed E-state index contributed by atoms with van der Waals surface area (Å²) in [7, 11) is 0. The standard InChI is InChI=1S/C16H19N5O2/c1-10(2)19-16(23)14-8-18-15(9-17-14)21-13-6-4-12(5-7-13)20-11(3)22/h4-10H,1-3H3,(H,18,21)(H,19,23)(H,20,22). The van der Waals surface area contributed by atoms with Gasteiger partial charge in [0.1, 0.15) is 11.5 Å². The molecule has 120 valence electrons. The van der Waals surface area contributed by atoms with E-state index in [-0.39, 0.29) is 23.6 Å². The van der Waals surface area contributed by atoms with Gasteiger partial charge < -0.3 is 16.0 Å². The smallest absolute Gasteiger partial charge is 0.271 e. The van der Waals surface area contributed by atoms with E-state index >= 15 is 0 Å². The molecule has 0 atom stereocenters. The monoisotopic (exact) mass is 313 g/mol. The van der Waals surface area contributed by atoms with Crippen molar-refractivity contribution in [1.82, 2.24) is 15.3 Å². The fraction of sp³-hybridized carbons (Fsp3) is 0.250. The fourth-order valence-corrected chi connectivity index (χ4v) is 1.83. The van der Waals surface area contributed by atoms with Gasteiger partial charge in [-0.15, -0.1) is 0 Å². The van der Waals surface area contributed by atoms with Crippen LogP contribution in [0, 0.1) is 0 Å². The van der Waals surface area contributed by atoms with Crippen LogP contribution in [0.25, 0.3) is 0 Å². The SMILES string of the molecule is CC(=O)Nc1ccc(Nc2cnc(C(=O)NC(C)C)cn2)cc1. The molecule has 0 aliphatic carbocycles. The van der Waals surface area contributed by atoms with Crippen molar-refractivity contribution in [3.8, 4) is 0 Å². The highest BCUT2D eigenvalue weighted by atomic mass is 16.2. The number of aromatic nitrogens is 2. The van der Waals surface area contributed by atoms with Crippen molar-refractivity contribution in [1.29, 1.82) is 0 Å². The van der Waals surface area contributed by atoms with E-state index in [1.54, 1.807) is 12.1 Å². The second-order valence-electron chi connectivity index (χ2n) is 5.30. The average molecular weight is 313 g/mol. The van der Waals surface area contributed by atoms with Gasteiger partial charge >= 0.3 is 0 Å². The fourth-order valence-electron chi connectivity index (χ4n) is 1.83. The molecule has 0 saturated carbocycles.